The first kappa shape index (κ1) is 23.2. The molecular formula is C21H36N2O4. The zero-order valence-corrected chi connectivity index (χ0v) is 17.8. The predicted molar refractivity (Wildman–Crippen MR) is 106 cm³/mol. The summed E-state index contributed by atoms with van der Waals surface area (Å²) in [6.07, 6.45) is 5.41. The Bertz CT molecular complexity index is 553. The molecule has 0 amide bonds. The normalized spacial score (nSPS) is 11.7. The van der Waals surface area contributed by atoms with Gasteiger partial charge in [0, 0.05) is 12.3 Å². The molecule has 1 rings (SSSR count). The second kappa shape index (κ2) is 11.8. The third kappa shape index (κ3) is 7.35. The van der Waals surface area contributed by atoms with Crippen molar-refractivity contribution in [2.45, 2.75) is 67.2 Å². The Balaban J connectivity index is 2.17. The third-order valence-electron chi connectivity index (χ3n) is 5.24. The molecule has 0 aliphatic heterocycles. The van der Waals surface area contributed by atoms with E-state index in [0.29, 0.717) is 31.7 Å². The number of rotatable bonds is 13. The summed E-state index contributed by atoms with van der Waals surface area (Å²) >= 11 is 0. The molecule has 0 saturated heterocycles. The van der Waals surface area contributed by atoms with Crippen molar-refractivity contribution in [3.8, 4) is 11.9 Å². The van der Waals surface area contributed by atoms with Crippen LogP contribution in [-0.4, -0.2) is 35.8 Å². The van der Waals surface area contributed by atoms with Gasteiger partial charge in [-0.05, 0) is 51.4 Å². The van der Waals surface area contributed by atoms with Crippen LogP contribution in [0.2, 0.25) is 0 Å². The maximum atomic E-state index is 12.4. The summed E-state index contributed by atoms with van der Waals surface area (Å²) in [6.45, 7) is 13.8. The van der Waals surface area contributed by atoms with Gasteiger partial charge < -0.3 is 14.2 Å². The summed E-state index contributed by atoms with van der Waals surface area (Å²) in [4.78, 5) is 20.7. The number of hydrogen-bond acceptors (Lipinski definition) is 6. The number of carbonyl (C=O) groups is 1. The highest BCUT2D eigenvalue weighted by molar-refractivity contribution is 5.77. The van der Waals surface area contributed by atoms with Crippen molar-refractivity contribution in [1.29, 1.82) is 0 Å². The van der Waals surface area contributed by atoms with Crippen molar-refractivity contribution in [3.63, 3.8) is 0 Å². The van der Waals surface area contributed by atoms with Crippen molar-refractivity contribution in [2.24, 2.45) is 17.3 Å². The van der Waals surface area contributed by atoms with Gasteiger partial charge in [-0.15, -0.1) is 0 Å². The van der Waals surface area contributed by atoms with Gasteiger partial charge in [0.25, 0.3) is 0 Å². The van der Waals surface area contributed by atoms with Crippen LogP contribution in [0.25, 0.3) is 0 Å². The van der Waals surface area contributed by atoms with Crippen molar-refractivity contribution in [1.82, 2.24) is 9.97 Å². The van der Waals surface area contributed by atoms with Crippen molar-refractivity contribution >= 4 is 5.97 Å². The van der Waals surface area contributed by atoms with Gasteiger partial charge in [-0.1, -0.05) is 27.7 Å². The van der Waals surface area contributed by atoms with Gasteiger partial charge in [0.05, 0.1) is 25.2 Å². The molecule has 0 spiro atoms. The van der Waals surface area contributed by atoms with Crippen LogP contribution < -0.4 is 9.47 Å². The maximum Gasteiger partial charge on any atom is 0.319 e. The predicted octanol–water partition coefficient (Wildman–Crippen LogP) is 4.68. The van der Waals surface area contributed by atoms with Gasteiger partial charge >= 0.3 is 12.0 Å². The standard InChI is InChI=1S/C21H36N2O4/c1-7-25-18-12-13-22-20(23-18)27-15-11-9-8-10-14-26-19(24)21(6,16(2)3)17(4)5/h12-13,16-17H,7-11,14-15H2,1-6H3. The van der Waals surface area contributed by atoms with Gasteiger partial charge in [-0.2, -0.15) is 4.98 Å². The average Bonchev–Trinajstić information content (AvgIpc) is 2.63. The fourth-order valence-electron chi connectivity index (χ4n) is 2.80. The molecule has 0 unspecified atom stereocenters. The molecule has 6 nitrogen and oxygen atoms in total. The largest absolute Gasteiger partial charge is 0.478 e. The first-order chi connectivity index (χ1) is 12.8. The molecule has 0 saturated carbocycles. The minimum absolute atomic E-state index is 0.0813. The first-order valence-corrected chi connectivity index (χ1v) is 10.1. The monoisotopic (exact) mass is 380 g/mol. The van der Waals surface area contributed by atoms with Crippen LogP contribution in [0.15, 0.2) is 12.3 Å². The number of aromatic nitrogens is 2. The topological polar surface area (TPSA) is 70.5 Å². The van der Waals surface area contributed by atoms with Crippen molar-refractivity contribution in [2.75, 3.05) is 19.8 Å². The molecule has 154 valence electrons. The molecule has 0 radical (unpaired) electrons. The number of unbranched alkanes of at least 4 members (excludes halogenated alkanes) is 3. The maximum absolute atomic E-state index is 12.4. The SMILES string of the molecule is CCOc1ccnc(OCCCCCCOC(=O)C(C)(C(C)C)C(C)C)n1. The molecule has 0 bridgehead atoms. The summed E-state index contributed by atoms with van der Waals surface area (Å²) in [5.74, 6) is 0.956. The smallest absolute Gasteiger partial charge is 0.319 e. The summed E-state index contributed by atoms with van der Waals surface area (Å²) in [7, 11) is 0. The van der Waals surface area contributed by atoms with E-state index in [4.69, 9.17) is 14.2 Å². The minimum atomic E-state index is -0.427. The number of carbonyl (C=O) groups excluding carboxylic acids is 1. The average molecular weight is 381 g/mol. The van der Waals surface area contributed by atoms with E-state index in [0.717, 1.165) is 25.7 Å². The van der Waals surface area contributed by atoms with Crippen LogP contribution in [0.4, 0.5) is 0 Å². The van der Waals surface area contributed by atoms with Gasteiger partial charge in [0.15, 0.2) is 0 Å². The van der Waals surface area contributed by atoms with E-state index >= 15 is 0 Å². The van der Waals surface area contributed by atoms with Crippen LogP contribution in [0.5, 0.6) is 11.9 Å². The summed E-state index contributed by atoms with van der Waals surface area (Å²) in [5, 5.41) is 0. The molecule has 1 heterocycles. The molecule has 0 N–H and O–H groups in total. The summed E-state index contributed by atoms with van der Waals surface area (Å²) in [6, 6.07) is 2.05. The lowest BCUT2D eigenvalue weighted by atomic mass is 9.70. The van der Waals surface area contributed by atoms with Crippen LogP contribution >= 0.6 is 0 Å². The first-order valence-electron chi connectivity index (χ1n) is 10.1. The van der Waals surface area contributed by atoms with Crippen molar-refractivity contribution in [3.05, 3.63) is 12.3 Å². The quantitative estimate of drug-likeness (QED) is 0.366. The van der Waals surface area contributed by atoms with Gasteiger partial charge in [-0.25, -0.2) is 4.98 Å². The molecule has 0 aliphatic carbocycles. The Morgan fingerprint density at radius 3 is 2.26 bits per heavy atom. The number of nitrogens with zero attached hydrogens (tertiary/aromatic N) is 2. The summed E-state index contributed by atoms with van der Waals surface area (Å²) < 4.78 is 16.4. The molecule has 1 aromatic heterocycles. The van der Waals surface area contributed by atoms with Gasteiger partial charge in [-0.3, -0.25) is 4.79 Å². The fraction of sp³-hybridized carbons (Fsp3) is 0.762. The zero-order chi connectivity index (χ0) is 20.3. The Hall–Kier alpha value is -1.85. The highest BCUT2D eigenvalue weighted by Gasteiger charge is 2.41. The van der Waals surface area contributed by atoms with Gasteiger partial charge in [0.2, 0.25) is 5.88 Å². The molecule has 27 heavy (non-hydrogen) atoms. The van der Waals surface area contributed by atoms with E-state index in [9.17, 15) is 4.79 Å². The zero-order valence-electron chi connectivity index (χ0n) is 17.8. The molecule has 0 atom stereocenters. The highest BCUT2D eigenvalue weighted by Crippen LogP contribution is 2.36. The summed E-state index contributed by atoms with van der Waals surface area (Å²) in [5.41, 5.74) is -0.427. The van der Waals surface area contributed by atoms with E-state index in [1.165, 1.54) is 0 Å². The third-order valence-corrected chi connectivity index (χ3v) is 5.24. The molecule has 0 aromatic carbocycles. The highest BCUT2D eigenvalue weighted by atomic mass is 16.5. The van der Waals surface area contributed by atoms with E-state index in [2.05, 4.69) is 37.7 Å². The second-order valence-electron chi connectivity index (χ2n) is 7.60. The Morgan fingerprint density at radius 1 is 1.04 bits per heavy atom. The van der Waals surface area contributed by atoms with E-state index < -0.39 is 5.41 Å². The second-order valence-corrected chi connectivity index (χ2v) is 7.60. The Morgan fingerprint density at radius 2 is 1.67 bits per heavy atom. The lowest BCUT2D eigenvalue weighted by molar-refractivity contribution is -0.161. The fourth-order valence-corrected chi connectivity index (χ4v) is 2.80. The van der Waals surface area contributed by atoms with E-state index in [1.54, 1.807) is 12.3 Å². The Labute approximate surface area is 164 Å². The number of hydrogen-bond donors (Lipinski definition) is 0. The number of ether oxygens (including phenoxy) is 3. The lowest BCUT2D eigenvalue weighted by Crippen LogP contribution is -2.39. The molecule has 6 heteroatoms. The molecular weight excluding hydrogens is 344 g/mol. The van der Waals surface area contributed by atoms with Crippen molar-refractivity contribution < 1.29 is 19.0 Å². The van der Waals surface area contributed by atoms with Crippen LogP contribution in [0, 0.1) is 17.3 Å². The lowest BCUT2D eigenvalue weighted by Gasteiger charge is -2.35. The van der Waals surface area contributed by atoms with E-state index in [1.807, 2.05) is 13.8 Å². The Kier molecular flexibility index (Phi) is 10.1. The van der Waals surface area contributed by atoms with Gasteiger partial charge in [0.1, 0.15) is 0 Å². The van der Waals surface area contributed by atoms with Crippen LogP contribution in [0.3, 0.4) is 0 Å². The van der Waals surface area contributed by atoms with Crippen LogP contribution in [-0.2, 0) is 9.53 Å². The minimum Gasteiger partial charge on any atom is -0.478 e. The molecule has 0 aliphatic rings. The molecule has 0 fully saturated rings. The van der Waals surface area contributed by atoms with Crippen LogP contribution in [0.1, 0.15) is 67.2 Å². The molecule has 1 aromatic rings. The van der Waals surface area contributed by atoms with E-state index in [-0.39, 0.29) is 17.8 Å². The number of esters is 1.